The highest BCUT2D eigenvalue weighted by molar-refractivity contribution is 6.43. The first-order valence-electron chi connectivity index (χ1n) is 14.5. The zero-order valence-electron chi connectivity index (χ0n) is 26.5. The highest BCUT2D eigenvalue weighted by Gasteiger charge is 2.35. The number of imide groups is 1. The molecule has 2 aromatic carbocycles. The maximum atomic E-state index is 13.7. The average Bonchev–Trinajstić information content (AvgIpc) is 3.53. The van der Waals surface area contributed by atoms with Crippen LogP contribution >= 0.6 is 23.2 Å². The predicted molar refractivity (Wildman–Crippen MR) is 177 cm³/mol. The molecule has 2 N–H and O–H groups in total. The summed E-state index contributed by atoms with van der Waals surface area (Å²) in [5, 5.41) is 16.9. The Bertz CT molecular complexity index is 1600. The van der Waals surface area contributed by atoms with E-state index in [2.05, 4.69) is 25.5 Å². The number of amides is 3. The summed E-state index contributed by atoms with van der Waals surface area (Å²) in [6.45, 7) is 8.02. The lowest BCUT2D eigenvalue weighted by molar-refractivity contribution is -0.384. The molecule has 1 aliphatic rings. The molecule has 0 aliphatic carbocycles. The van der Waals surface area contributed by atoms with Crippen molar-refractivity contribution in [1.82, 2.24) is 14.9 Å². The Balaban J connectivity index is 1.58. The van der Waals surface area contributed by atoms with Crippen LogP contribution in [0.2, 0.25) is 10.0 Å². The molecule has 1 saturated heterocycles. The molecule has 1 aliphatic heterocycles. The number of halogens is 2. The Labute approximate surface area is 281 Å². The summed E-state index contributed by atoms with van der Waals surface area (Å²) in [5.74, 6) is 0.521. The van der Waals surface area contributed by atoms with E-state index >= 15 is 0 Å². The van der Waals surface area contributed by atoms with Crippen LogP contribution in [0, 0.1) is 10.1 Å². The number of nitrogens with zero attached hydrogens (tertiary/aromatic N) is 5. The van der Waals surface area contributed by atoms with Gasteiger partial charge in [-0.05, 0) is 58.8 Å². The van der Waals surface area contributed by atoms with Gasteiger partial charge in [0, 0.05) is 18.7 Å². The number of likely N-dealkylation sites (tertiary alicyclic amines) is 1. The summed E-state index contributed by atoms with van der Waals surface area (Å²) in [7, 11) is 2.68. The molecule has 2 heterocycles. The van der Waals surface area contributed by atoms with E-state index in [4.69, 9.17) is 42.1 Å². The number of rotatable bonds is 11. The van der Waals surface area contributed by atoms with E-state index in [0.29, 0.717) is 17.3 Å². The summed E-state index contributed by atoms with van der Waals surface area (Å²) in [6.07, 6.45) is 2.32. The largest absolute Gasteiger partial charge is 0.495 e. The predicted octanol–water partition coefficient (Wildman–Crippen LogP) is 6.90. The quantitative estimate of drug-likeness (QED) is 0.158. The smallest absolute Gasteiger partial charge is 0.423 e. The van der Waals surface area contributed by atoms with Crippen molar-refractivity contribution in [3.05, 3.63) is 56.8 Å². The van der Waals surface area contributed by atoms with Crippen LogP contribution in [0.4, 0.5) is 38.3 Å². The number of nitrogens with one attached hydrogen (secondary N) is 2. The number of hydrogen-bond donors (Lipinski definition) is 2. The third-order valence-electron chi connectivity index (χ3n) is 6.76. The molecule has 0 radical (unpaired) electrons. The van der Waals surface area contributed by atoms with Crippen LogP contribution < -0.4 is 29.7 Å². The second kappa shape index (κ2) is 15.3. The summed E-state index contributed by atoms with van der Waals surface area (Å²) >= 11 is 13.1. The second-order valence-electron chi connectivity index (χ2n) is 11.3. The van der Waals surface area contributed by atoms with Crippen molar-refractivity contribution < 1.29 is 33.5 Å². The SMILES string of the molecule is COc1cc(OC)c(Cl)c(N(C(=O)Nc2cc(Nc3ccc(OCCN4CCCC4)cc3[N+](=O)[O-])ncn2)C(=O)OC(C)(C)C)c1Cl. The summed E-state index contributed by atoms with van der Waals surface area (Å²) in [6, 6.07) is 6.08. The Hall–Kier alpha value is -4.60. The molecule has 1 fully saturated rings. The molecule has 15 nitrogen and oxygen atoms in total. The fourth-order valence-corrected chi connectivity index (χ4v) is 5.28. The number of aromatic nitrogens is 2. The Kier molecular flexibility index (Phi) is 11.5. The van der Waals surface area contributed by atoms with Crippen molar-refractivity contribution in [3.8, 4) is 17.2 Å². The third kappa shape index (κ3) is 9.02. The maximum Gasteiger partial charge on any atom is 0.423 e. The molecule has 3 amide bonds. The van der Waals surface area contributed by atoms with Gasteiger partial charge in [-0.1, -0.05) is 23.2 Å². The molecule has 0 bridgehead atoms. The Morgan fingerprint density at radius 1 is 1.02 bits per heavy atom. The number of nitro benzene ring substituents is 1. The number of methoxy groups -OCH3 is 2. The zero-order valence-corrected chi connectivity index (χ0v) is 28.0. The van der Waals surface area contributed by atoms with Crippen molar-refractivity contribution >= 4 is 64.0 Å². The molecule has 0 atom stereocenters. The lowest BCUT2D eigenvalue weighted by atomic mass is 10.2. The summed E-state index contributed by atoms with van der Waals surface area (Å²) in [4.78, 5) is 49.4. The molecule has 0 unspecified atom stereocenters. The van der Waals surface area contributed by atoms with Gasteiger partial charge in [0.1, 0.15) is 68.8 Å². The molecular weight excluding hydrogens is 657 g/mol. The highest BCUT2D eigenvalue weighted by Crippen LogP contribution is 2.46. The number of hydrogen-bond acceptors (Lipinski definition) is 12. The van der Waals surface area contributed by atoms with Crippen LogP contribution in [0.25, 0.3) is 0 Å². The minimum atomic E-state index is -1.11. The molecule has 1 aromatic heterocycles. The number of ether oxygens (including phenoxy) is 4. The Morgan fingerprint density at radius 2 is 1.66 bits per heavy atom. The van der Waals surface area contributed by atoms with E-state index < -0.39 is 22.6 Å². The molecule has 0 spiro atoms. The van der Waals surface area contributed by atoms with E-state index in [1.54, 1.807) is 26.8 Å². The number of benzene rings is 2. The van der Waals surface area contributed by atoms with E-state index in [9.17, 15) is 19.7 Å². The first kappa shape index (κ1) is 35.3. The molecule has 4 rings (SSSR count). The maximum absolute atomic E-state index is 13.7. The second-order valence-corrected chi connectivity index (χ2v) is 12.0. The van der Waals surface area contributed by atoms with Crippen molar-refractivity contribution in [1.29, 1.82) is 0 Å². The minimum Gasteiger partial charge on any atom is -0.495 e. The number of anilines is 4. The fraction of sp³-hybridized carbons (Fsp3) is 0.400. The molecular formula is C30H35Cl2N7O8. The van der Waals surface area contributed by atoms with Crippen LogP contribution in [0.1, 0.15) is 33.6 Å². The topological polar surface area (TPSA) is 171 Å². The Morgan fingerprint density at radius 3 is 2.26 bits per heavy atom. The van der Waals surface area contributed by atoms with E-state index in [-0.39, 0.29) is 50.2 Å². The fourth-order valence-electron chi connectivity index (χ4n) is 4.61. The van der Waals surface area contributed by atoms with Gasteiger partial charge in [0.2, 0.25) is 0 Å². The van der Waals surface area contributed by atoms with Gasteiger partial charge in [-0.25, -0.2) is 19.6 Å². The van der Waals surface area contributed by atoms with Gasteiger partial charge in [0.05, 0.1) is 25.2 Å². The van der Waals surface area contributed by atoms with Gasteiger partial charge in [-0.15, -0.1) is 0 Å². The van der Waals surface area contributed by atoms with Crippen LogP contribution in [0.3, 0.4) is 0 Å². The van der Waals surface area contributed by atoms with E-state index in [1.165, 1.54) is 38.5 Å². The molecule has 3 aromatic rings. The molecule has 17 heteroatoms. The van der Waals surface area contributed by atoms with E-state index in [1.807, 2.05) is 0 Å². The highest BCUT2D eigenvalue weighted by atomic mass is 35.5. The van der Waals surface area contributed by atoms with E-state index in [0.717, 1.165) is 38.8 Å². The summed E-state index contributed by atoms with van der Waals surface area (Å²) in [5.41, 5.74) is -1.40. The van der Waals surface area contributed by atoms with Crippen LogP contribution in [-0.4, -0.2) is 78.0 Å². The minimum absolute atomic E-state index is 0.0717. The average molecular weight is 693 g/mol. The van der Waals surface area contributed by atoms with Crippen molar-refractivity contribution in [3.63, 3.8) is 0 Å². The van der Waals surface area contributed by atoms with Crippen molar-refractivity contribution in [2.24, 2.45) is 0 Å². The van der Waals surface area contributed by atoms with Crippen LogP contribution in [-0.2, 0) is 4.74 Å². The van der Waals surface area contributed by atoms with Gasteiger partial charge in [-0.3, -0.25) is 20.3 Å². The van der Waals surface area contributed by atoms with Gasteiger partial charge in [0.25, 0.3) is 5.69 Å². The van der Waals surface area contributed by atoms with Crippen LogP contribution in [0.15, 0.2) is 36.7 Å². The first-order chi connectivity index (χ1) is 22.3. The lowest BCUT2D eigenvalue weighted by Crippen LogP contribution is -2.44. The monoisotopic (exact) mass is 691 g/mol. The van der Waals surface area contributed by atoms with Crippen LogP contribution in [0.5, 0.6) is 17.2 Å². The number of urea groups is 1. The van der Waals surface area contributed by atoms with Gasteiger partial charge in [0.15, 0.2) is 0 Å². The number of nitro groups is 1. The molecule has 0 saturated carbocycles. The van der Waals surface area contributed by atoms with Gasteiger partial charge >= 0.3 is 12.1 Å². The first-order valence-corrected chi connectivity index (χ1v) is 15.2. The van der Waals surface area contributed by atoms with Crippen molar-refractivity contribution in [2.75, 3.05) is 56.0 Å². The summed E-state index contributed by atoms with van der Waals surface area (Å²) < 4.78 is 21.8. The number of carbonyl (C=O) groups is 2. The lowest BCUT2D eigenvalue weighted by Gasteiger charge is -2.28. The standard InChI is InChI=1S/C30H35Cl2N7O8/c1-30(2,3)47-29(41)38(27-25(31)21(44-4)15-22(45-5)26(27)32)28(40)36-24-16-23(33-17-34-24)35-19-9-8-18(14-20(19)39(42)43)46-13-12-37-10-6-7-11-37/h8-9,14-17H,6-7,10-13H2,1-5H3,(H2,33,34,35,36,40). The number of carbonyl (C=O) groups excluding carboxylic acids is 2. The van der Waals surface area contributed by atoms with Gasteiger partial charge < -0.3 is 24.3 Å². The molecule has 47 heavy (non-hydrogen) atoms. The van der Waals surface area contributed by atoms with Gasteiger partial charge in [-0.2, -0.15) is 4.90 Å². The molecule has 252 valence electrons. The van der Waals surface area contributed by atoms with Crippen molar-refractivity contribution in [2.45, 2.75) is 39.2 Å². The third-order valence-corrected chi connectivity index (χ3v) is 7.49. The normalized spacial score (nSPS) is 13.1. The zero-order chi connectivity index (χ0) is 34.3.